The van der Waals surface area contributed by atoms with Gasteiger partial charge in [-0.3, -0.25) is 4.79 Å². The number of hydrogen-bond donors (Lipinski definition) is 2. The van der Waals surface area contributed by atoms with Crippen molar-refractivity contribution in [2.75, 3.05) is 12.3 Å². The summed E-state index contributed by atoms with van der Waals surface area (Å²) in [6.45, 7) is 0.190. The number of carbonyl (C=O) groups excluding carboxylic acids is 1. The highest BCUT2D eigenvalue weighted by Gasteiger charge is 2.35. The van der Waals surface area contributed by atoms with Crippen LogP contribution in [0.15, 0.2) is 36.5 Å². The smallest absolute Gasteiger partial charge is 0.397 e. The third kappa shape index (κ3) is 3.62. The lowest BCUT2D eigenvalue weighted by Gasteiger charge is -2.08. The highest BCUT2D eigenvalue weighted by atomic mass is 32.1. The van der Waals surface area contributed by atoms with Gasteiger partial charge in [0.25, 0.3) is 5.91 Å². The molecule has 1 amide bonds. The first-order chi connectivity index (χ1) is 12.3. The number of thiophene rings is 1. The molecule has 3 aromatic rings. The zero-order chi connectivity index (χ0) is 18.9. The Bertz CT molecular complexity index is 968. The molecule has 4 nitrogen and oxygen atoms in total. The van der Waals surface area contributed by atoms with Crippen LogP contribution in [0.2, 0.25) is 0 Å². The van der Waals surface area contributed by atoms with E-state index < -0.39 is 17.6 Å². The van der Waals surface area contributed by atoms with Gasteiger partial charge in [-0.05, 0) is 30.2 Å². The van der Waals surface area contributed by atoms with Gasteiger partial charge in [-0.15, -0.1) is 11.3 Å². The van der Waals surface area contributed by atoms with Gasteiger partial charge in [0, 0.05) is 18.1 Å². The largest absolute Gasteiger partial charge is 0.417 e. The van der Waals surface area contributed by atoms with Crippen molar-refractivity contribution in [3.63, 3.8) is 0 Å². The number of rotatable bonds is 4. The molecule has 1 aromatic carbocycles. The maximum Gasteiger partial charge on any atom is 0.417 e. The Labute approximate surface area is 149 Å². The molecule has 0 aliphatic rings. The molecule has 0 saturated carbocycles. The lowest BCUT2D eigenvalue weighted by Crippen LogP contribution is -2.25. The molecule has 3 rings (SSSR count). The van der Waals surface area contributed by atoms with Crippen LogP contribution < -0.4 is 11.1 Å². The average Bonchev–Trinajstić information content (AvgIpc) is 2.91. The fourth-order valence-electron chi connectivity index (χ4n) is 2.54. The standard InChI is InChI=1S/C17H13F4N3OS/c18-10-3-1-2-9(8-10)4-6-23-15(25)14-13(22)12-11(17(19,20)21)5-7-24-16(12)26-14/h1-3,5,7-8H,4,6,22H2,(H,23,25). The van der Waals surface area contributed by atoms with Gasteiger partial charge < -0.3 is 11.1 Å². The van der Waals surface area contributed by atoms with Gasteiger partial charge >= 0.3 is 6.18 Å². The summed E-state index contributed by atoms with van der Waals surface area (Å²) in [5, 5.41) is 2.32. The number of hydrogen-bond acceptors (Lipinski definition) is 4. The number of carbonyl (C=O) groups is 1. The van der Waals surface area contributed by atoms with E-state index in [1.54, 1.807) is 12.1 Å². The Morgan fingerprint density at radius 3 is 2.73 bits per heavy atom. The summed E-state index contributed by atoms with van der Waals surface area (Å²) in [7, 11) is 0. The van der Waals surface area contributed by atoms with Crippen LogP contribution in [-0.4, -0.2) is 17.4 Å². The minimum Gasteiger partial charge on any atom is -0.397 e. The number of pyridine rings is 1. The zero-order valence-electron chi connectivity index (χ0n) is 13.2. The van der Waals surface area contributed by atoms with Gasteiger partial charge in [0.15, 0.2) is 0 Å². The van der Waals surface area contributed by atoms with Crippen LogP contribution in [0.3, 0.4) is 0 Å². The van der Waals surface area contributed by atoms with Gasteiger partial charge in [0.1, 0.15) is 15.5 Å². The van der Waals surface area contributed by atoms with Crippen LogP contribution in [0, 0.1) is 5.82 Å². The number of nitrogens with zero attached hydrogens (tertiary/aromatic N) is 1. The third-order valence-corrected chi connectivity index (χ3v) is 4.84. The van der Waals surface area contributed by atoms with Gasteiger partial charge in [-0.1, -0.05) is 12.1 Å². The Morgan fingerprint density at radius 1 is 1.27 bits per heavy atom. The number of fused-ring (bicyclic) bond motifs is 1. The highest BCUT2D eigenvalue weighted by molar-refractivity contribution is 7.21. The molecule has 9 heteroatoms. The zero-order valence-corrected chi connectivity index (χ0v) is 14.0. The van der Waals surface area contributed by atoms with Crippen molar-refractivity contribution in [3.05, 3.63) is 58.3 Å². The second-order valence-corrected chi connectivity index (χ2v) is 6.52. The minimum atomic E-state index is -4.60. The summed E-state index contributed by atoms with van der Waals surface area (Å²) in [6, 6.07) is 6.76. The number of halogens is 4. The first-order valence-corrected chi connectivity index (χ1v) is 8.36. The highest BCUT2D eigenvalue weighted by Crippen LogP contribution is 2.41. The lowest BCUT2D eigenvalue weighted by atomic mass is 10.1. The maximum atomic E-state index is 13.1. The Morgan fingerprint density at radius 2 is 2.04 bits per heavy atom. The third-order valence-electron chi connectivity index (χ3n) is 3.73. The molecule has 0 saturated heterocycles. The molecular weight excluding hydrogens is 370 g/mol. The molecule has 0 aliphatic carbocycles. The van der Waals surface area contributed by atoms with Gasteiger partial charge in [0.2, 0.25) is 0 Å². The number of anilines is 1. The van der Waals surface area contributed by atoms with Crippen molar-refractivity contribution >= 4 is 33.1 Å². The Balaban J connectivity index is 1.79. The minimum absolute atomic E-state index is 0.0246. The maximum absolute atomic E-state index is 13.1. The second kappa shape index (κ2) is 6.91. The second-order valence-electron chi connectivity index (χ2n) is 5.52. The topological polar surface area (TPSA) is 68.0 Å². The number of nitrogen functional groups attached to an aromatic ring is 1. The van der Waals surface area contributed by atoms with Gasteiger partial charge in [0.05, 0.1) is 11.3 Å². The van der Waals surface area contributed by atoms with Crippen LogP contribution >= 0.6 is 11.3 Å². The van der Waals surface area contributed by atoms with Crippen LogP contribution in [-0.2, 0) is 12.6 Å². The molecule has 136 valence electrons. The molecule has 0 aliphatic heterocycles. The fourth-order valence-corrected chi connectivity index (χ4v) is 3.55. The van der Waals surface area contributed by atoms with Crippen molar-refractivity contribution in [2.24, 2.45) is 0 Å². The normalized spacial score (nSPS) is 11.7. The van der Waals surface area contributed by atoms with E-state index in [2.05, 4.69) is 10.3 Å². The predicted molar refractivity (Wildman–Crippen MR) is 91.5 cm³/mol. The van der Waals surface area contributed by atoms with Gasteiger partial charge in [-0.2, -0.15) is 13.2 Å². The number of amides is 1. The summed E-state index contributed by atoms with van der Waals surface area (Å²) in [5.41, 5.74) is 5.33. The van der Waals surface area contributed by atoms with Crippen LogP contribution in [0.5, 0.6) is 0 Å². The van der Waals surface area contributed by atoms with Crippen molar-refractivity contribution in [1.29, 1.82) is 0 Å². The van der Waals surface area contributed by atoms with E-state index in [0.717, 1.165) is 23.6 Å². The number of nitrogens with two attached hydrogens (primary N) is 1. The summed E-state index contributed by atoms with van der Waals surface area (Å²) in [5.74, 6) is -0.969. The number of aromatic nitrogens is 1. The summed E-state index contributed by atoms with van der Waals surface area (Å²) < 4.78 is 52.5. The molecule has 0 spiro atoms. The SMILES string of the molecule is Nc1c(C(=O)NCCc2cccc(F)c2)sc2nccc(C(F)(F)F)c12. The van der Waals surface area contributed by atoms with Crippen molar-refractivity contribution in [2.45, 2.75) is 12.6 Å². The number of nitrogens with one attached hydrogen (secondary N) is 1. The fraction of sp³-hybridized carbons (Fsp3) is 0.176. The molecule has 0 unspecified atom stereocenters. The van der Waals surface area contributed by atoms with E-state index in [1.807, 2.05) is 0 Å². The monoisotopic (exact) mass is 383 g/mol. The van der Waals surface area contributed by atoms with E-state index in [1.165, 1.54) is 12.1 Å². The molecule has 3 N–H and O–H groups in total. The van der Waals surface area contributed by atoms with E-state index >= 15 is 0 Å². The first-order valence-electron chi connectivity index (χ1n) is 7.54. The van der Waals surface area contributed by atoms with Crippen LogP contribution in [0.25, 0.3) is 10.2 Å². The Hall–Kier alpha value is -2.68. The van der Waals surface area contributed by atoms with Gasteiger partial charge in [-0.25, -0.2) is 9.37 Å². The molecule has 0 bridgehead atoms. The quantitative estimate of drug-likeness (QED) is 0.669. The van der Waals surface area contributed by atoms with E-state index in [-0.39, 0.29) is 33.1 Å². The summed E-state index contributed by atoms with van der Waals surface area (Å²) in [4.78, 5) is 16.2. The summed E-state index contributed by atoms with van der Waals surface area (Å²) in [6.07, 6.45) is -3.19. The molecule has 0 atom stereocenters. The predicted octanol–water partition coefficient (Wildman–Crippen LogP) is 4.01. The molecular formula is C17H13F4N3OS. The van der Waals surface area contributed by atoms with E-state index in [9.17, 15) is 22.4 Å². The first kappa shape index (κ1) is 18.1. The summed E-state index contributed by atoms with van der Waals surface area (Å²) >= 11 is 0.803. The Kier molecular flexibility index (Phi) is 4.82. The number of alkyl halides is 3. The van der Waals surface area contributed by atoms with Crippen molar-refractivity contribution in [1.82, 2.24) is 10.3 Å². The molecule has 0 fully saturated rings. The van der Waals surface area contributed by atoms with E-state index in [4.69, 9.17) is 5.73 Å². The average molecular weight is 383 g/mol. The number of benzene rings is 1. The molecule has 2 aromatic heterocycles. The van der Waals surface area contributed by atoms with Crippen molar-refractivity contribution in [3.8, 4) is 0 Å². The lowest BCUT2D eigenvalue weighted by molar-refractivity contribution is -0.136. The molecule has 26 heavy (non-hydrogen) atoms. The van der Waals surface area contributed by atoms with Crippen molar-refractivity contribution < 1.29 is 22.4 Å². The van der Waals surface area contributed by atoms with Crippen LogP contribution in [0.4, 0.5) is 23.2 Å². The van der Waals surface area contributed by atoms with Crippen LogP contribution in [0.1, 0.15) is 20.8 Å². The molecule has 2 heterocycles. The molecule has 0 radical (unpaired) electrons. The van der Waals surface area contributed by atoms with E-state index in [0.29, 0.717) is 12.0 Å².